The summed E-state index contributed by atoms with van der Waals surface area (Å²) in [7, 11) is 0. The van der Waals surface area contributed by atoms with Gasteiger partial charge in [0.25, 0.3) is 0 Å². The molecule has 1 aliphatic heterocycles. The molecule has 0 aromatic rings. The Morgan fingerprint density at radius 1 is 1.15 bits per heavy atom. The second-order valence-corrected chi connectivity index (χ2v) is 4.05. The molecule has 0 saturated heterocycles. The second-order valence-electron chi connectivity index (χ2n) is 4.05. The molecule has 0 spiro atoms. The minimum absolute atomic E-state index is 0.263. The van der Waals surface area contributed by atoms with Gasteiger partial charge in [-0.25, -0.2) is 0 Å². The molecule has 0 radical (unpaired) electrons. The molecule has 0 amide bonds. The first-order valence-corrected chi connectivity index (χ1v) is 5.06. The molecule has 1 nitrogen and oxygen atoms in total. The zero-order valence-electron chi connectivity index (χ0n) is 8.24. The standard InChI is InChI=1S/C12H17N/c1-12(8-4-2-5-9-12)13-10-6-3-7-11-13/h2-6,8H,7,9-11H2,1H3. The van der Waals surface area contributed by atoms with Crippen molar-refractivity contribution in [1.82, 2.24) is 4.90 Å². The van der Waals surface area contributed by atoms with E-state index in [1.807, 2.05) is 0 Å². The van der Waals surface area contributed by atoms with E-state index in [0.29, 0.717) is 0 Å². The summed E-state index contributed by atoms with van der Waals surface area (Å²) in [6.45, 7) is 4.63. The first kappa shape index (κ1) is 8.76. The van der Waals surface area contributed by atoms with Crippen LogP contribution in [0, 0.1) is 0 Å². The Morgan fingerprint density at radius 3 is 2.69 bits per heavy atom. The molecule has 1 heterocycles. The monoisotopic (exact) mass is 175 g/mol. The average Bonchev–Trinajstić information content (AvgIpc) is 2.20. The van der Waals surface area contributed by atoms with Crippen LogP contribution < -0.4 is 0 Å². The van der Waals surface area contributed by atoms with Gasteiger partial charge < -0.3 is 0 Å². The summed E-state index contributed by atoms with van der Waals surface area (Å²) in [6.07, 6.45) is 15.8. The van der Waals surface area contributed by atoms with Crippen LogP contribution in [-0.2, 0) is 0 Å². The van der Waals surface area contributed by atoms with Gasteiger partial charge in [-0.3, -0.25) is 4.90 Å². The van der Waals surface area contributed by atoms with Crippen molar-refractivity contribution in [2.75, 3.05) is 13.1 Å². The molecule has 0 fully saturated rings. The fourth-order valence-corrected chi connectivity index (χ4v) is 2.06. The lowest BCUT2D eigenvalue weighted by atomic mass is 9.90. The van der Waals surface area contributed by atoms with Gasteiger partial charge >= 0.3 is 0 Å². The van der Waals surface area contributed by atoms with Gasteiger partial charge in [0.1, 0.15) is 0 Å². The highest BCUT2D eigenvalue weighted by molar-refractivity contribution is 5.20. The van der Waals surface area contributed by atoms with Crippen molar-refractivity contribution in [2.45, 2.75) is 25.3 Å². The molecule has 1 aliphatic carbocycles. The van der Waals surface area contributed by atoms with Crippen molar-refractivity contribution in [1.29, 1.82) is 0 Å². The molecular weight excluding hydrogens is 158 g/mol. The van der Waals surface area contributed by atoms with E-state index < -0.39 is 0 Å². The number of hydrogen-bond acceptors (Lipinski definition) is 1. The van der Waals surface area contributed by atoms with Gasteiger partial charge in [0.05, 0.1) is 0 Å². The highest BCUT2D eigenvalue weighted by atomic mass is 15.2. The summed E-state index contributed by atoms with van der Waals surface area (Å²) >= 11 is 0. The Hall–Kier alpha value is -0.820. The van der Waals surface area contributed by atoms with Gasteiger partial charge in [0.2, 0.25) is 0 Å². The lowest BCUT2D eigenvalue weighted by Gasteiger charge is -2.40. The fraction of sp³-hybridized carbons (Fsp3) is 0.500. The molecule has 0 bridgehead atoms. The van der Waals surface area contributed by atoms with E-state index >= 15 is 0 Å². The number of hydrogen-bond donors (Lipinski definition) is 0. The second kappa shape index (κ2) is 3.51. The molecule has 1 unspecified atom stereocenters. The first-order chi connectivity index (χ1) is 6.31. The third kappa shape index (κ3) is 1.75. The Balaban J connectivity index is 2.10. The molecule has 0 saturated carbocycles. The van der Waals surface area contributed by atoms with Gasteiger partial charge in [0.15, 0.2) is 0 Å². The zero-order valence-corrected chi connectivity index (χ0v) is 8.24. The van der Waals surface area contributed by atoms with E-state index in [2.05, 4.69) is 48.3 Å². The van der Waals surface area contributed by atoms with Crippen molar-refractivity contribution in [3.63, 3.8) is 0 Å². The van der Waals surface area contributed by atoms with E-state index in [4.69, 9.17) is 0 Å². The van der Waals surface area contributed by atoms with Crippen LogP contribution in [-0.4, -0.2) is 23.5 Å². The molecule has 13 heavy (non-hydrogen) atoms. The molecule has 1 heteroatoms. The Kier molecular flexibility index (Phi) is 2.36. The topological polar surface area (TPSA) is 3.24 Å². The first-order valence-electron chi connectivity index (χ1n) is 5.06. The van der Waals surface area contributed by atoms with Crippen LogP contribution in [0.1, 0.15) is 19.8 Å². The molecular formula is C12H17N. The van der Waals surface area contributed by atoms with Crippen LogP contribution in [0.15, 0.2) is 36.5 Å². The quantitative estimate of drug-likeness (QED) is 0.553. The van der Waals surface area contributed by atoms with E-state index in [9.17, 15) is 0 Å². The SMILES string of the molecule is CC1(N2CC=CCC2)C=CC=CC1. The Morgan fingerprint density at radius 2 is 2.08 bits per heavy atom. The highest BCUT2D eigenvalue weighted by Gasteiger charge is 2.28. The molecule has 1 atom stereocenters. The van der Waals surface area contributed by atoms with Crippen LogP contribution in [0.2, 0.25) is 0 Å². The fourth-order valence-electron chi connectivity index (χ4n) is 2.06. The zero-order chi connectivity index (χ0) is 9.15. The van der Waals surface area contributed by atoms with E-state index in [0.717, 1.165) is 13.0 Å². The van der Waals surface area contributed by atoms with Crippen LogP contribution >= 0.6 is 0 Å². The van der Waals surface area contributed by atoms with E-state index in [1.54, 1.807) is 0 Å². The Bertz CT molecular complexity index is 262. The predicted octanol–water partition coefficient (Wildman–Crippen LogP) is 2.52. The largest absolute Gasteiger partial charge is 0.290 e. The minimum atomic E-state index is 0.263. The number of rotatable bonds is 1. The highest BCUT2D eigenvalue weighted by Crippen LogP contribution is 2.26. The predicted molar refractivity (Wildman–Crippen MR) is 56.6 cm³/mol. The number of nitrogens with zero attached hydrogens (tertiary/aromatic N) is 1. The van der Waals surface area contributed by atoms with Crippen LogP contribution in [0.25, 0.3) is 0 Å². The van der Waals surface area contributed by atoms with Crippen LogP contribution in [0.3, 0.4) is 0 Å². The van der Waals surface area contributed by atoms with Crippen molar-refractivity contribution in [3.8, 4) is 0 Å². The molecule has 2 aliphatic rings. The molecule has 0 N–H and O–H groups in total. The van der Waals surface area contributed by atoms with E-state index in [1.165, 1.54) is 13.0 Å². The van der Waals surface area contributed by atoms with Gasteiger partial charge in [-0.1, -0.05) is 36.5 Å². The summed E-state index contributed by atoms with van der Waals surface area (Å²) in [4.78, 5) is 2.55. The van der Waals surface area contributed by atoms with Crippen molar-refractivity contribution >= 4 is 0 Å². The van der Waals surface area contributed by atoms with Crippen molar-refractivity contribution in [3.05, 3.63) is 36.5 Å². The summed E-state index contributed by atoms with van der Waals surface area (Å²) in [6, 6.07) is 0. The third-order valence-electron chi connectivity index (χ3n) is 3.01. The van der Waals surface area contributed by atoms with Crippen molar-refractivity contribution < 1.29 is 0 Å². The summed E-state index contributed by atoms with van der Waals surface area (Å²) < 4.78 is 0. The lowest BCUT2D eigenvalue weighted by molar-refractivity contribution is 0.161. The number of allylic oxidation sites excluding steroid dienone is 2. The van der Waals surface area contributed by atoms with Crippen LogP contribution in [0.4, 0.5) is 0 Å². The smallest absolute Gasteiger partial charge is 0.0404 e. The van der Waals surface area contributed by atoms with Gasteiger partial charge in [0, 0.05) is 18.6 Å². The van der Waals surface area contributed by atoms with Gasteiger partial charge in [-0.15, -0.1) is 0 Å². The Labute approximate surface area is 80.4 Å². The van der Waals surface area contributed by atoms with Gasteiger partial charge in [-0.2, -0.15) is 0 Å². The summed E-state index contributed by atoms with van der Waals surface area (Å²) in [5, 5.41) is 0. The maximum atomic E-state index is 2.55. The third-order valence-corrected chi connectivity index (χ3v) is 3.01. The van der Waals surface area contributed by atoms with Gasteiger partial charge in [-0.05, 0) is 19.8 Å². The van der Waals surface area contributed by atoms with Crippen molar-refractivity contribution in [2.24, 2.45) is 0 Å². The summed E-state index contributed by atoms with van der Waals surface area (Å²) in [5.41, 5.74) is 0.263. The normalized spacial score (nSPS) is 33.9. The lowest BCUT2D eigenvalue weighted by Crippen LogP contribution is -2.46. The molecule has 70 valence electrons. The van der Waals surface area contributed by atoms with Crippen LogP contribution in [0.5, 0.6) is 0 Å². The minimum Gasteiger partial charge on any atom is -0.290 e. The molecule has 2 rings (SSSR count). The maximum Gasteiger partial charge on any atom is 0.0404 e. The summed E-state index contributed by atoms with van der Waals surface area (Å²) in [5.74, 6) is 0. The molecule has 0 aromatic carbocycles. The average molecular weight is 175 g/mol. The maximum absolute atomic E-state index is 2.55. The molecule has 0 aromatic heterocycles. The van der Waals surface area contributed by atoms with E-state index in [-0.39, 0.29) is 5.54 Å².